The molecule has 2 N–H and O–H groups in total. The quantitative estimate of drug-likeness (QED) is 0.625. The molecule has 0 amide bonds. The fourth-order valence-corrected chi connectivity index (χ4v) is 3.26. The van der Waals surface area contributed by atoms with Gasteiger partial charge in [-0.05, 0) is 44.4 Å². The molecular formula is C11H19N. The minimum atomic E-state index is 0.134. The molecule has 1 nitrogen and oxygen atoms in total. The Kier molecular flexibility index (Phi) is 1.80. The fraction of sp³-hybridized carbons (Fsp3) is 0.818. The lowest BCUT2D eigenvalue weighted by Gasteiger charge is -2.34. The van der Waals surface area contributed by atoms with Crippen LogP contribution in [0.5, 0.6) is 0 Å². The van der Waals surface area contributed by atoms with Gasteiger partial charge < -0.3 is 5.73 Å². The van der Waals surface area contributed by atoms with Gasteiger partial charge in [0.25, 0.3) is 0 Å². The minimum absolute atomic E-state index is 0.134. The number of fused-ring (bicyclic) bond motifs is 2. The van der Waals surface area contributed by atoms with Gasteiger partial charge in [-0.15, -0.1) is 6.58 Å². The summed E-state index contributed by atoms with van der Waals surface area (Å²) in [6, 6.07) is 0. The zero-order chi connectivity index (χ0) is 8.77. The molecule has 2 fully saturated rings. The van der Waals surface area contributed by atoms with Gasteiger partial charge in [0.15, 0.2) is 0 Å². The number of rotatable bonds is 2. The summed E-state index contributed by atoms with van der Waals surface area (Å²) in [5.74, 6) is 1.75. The van der Waals surface area contributed by atoms with Gasteiger partial charge in [-0.25, -0.2) is 0 Å². The molecule has 0 aromatic rings. The molecule has 0 radical (unpaired) electrons. The van der Waals surface area contributed by atoms with Crippen molar-refractivity contribution in [2.24, 2.45) is 17.6 Å². The number of hydrogen-bond donors (Lipinski definition) is 1. The van der Waals surface area contributed by atoms with Crippen molar-refractivity contribution in [1.29, 1.82) is 0 Å². The van der Waals surface area contributed by atoms with Crippen molar-refractivity contribution in [3.8, 4) is 0 Å². The maximum Gasteiger partial charge on any atom is 0.0222 e. The zero-order valence-corrected chi connectivity index (χ0v) is 7.97. The predicted molar refractivity (Wildman–Crippen MR) is 51.8 cm³/mol. The maximum atomic E-state index is 6.38. The van der Waals surface area contributed by atoms with Crippen LogP contribution in [0.15, 0.2) is 12.2 Å². The molecule has 2 aliphatic carbocycles. The van der Waals surface area contributed by atoms with Crippen molar-refractivity contribution in [2.45, 2.75) is 44.6 Å². The van der Waals surface area contributed by atoms with Crippen LogP contribution in [0.2, 0.25) is 0 Å². The van der Waals surface area contributed by atoms with Crippen LogP contribution >= 0.6 is 0 Å². The Morgan fingerprint density at radius 1 is 1.58 bits per heavy atom. The molecule has 68 valence electrons. The highest BCUT2D eigenvalue weighted by molar-refractivity contribution is 5.10. The lowest BCUT2D eigenvalue weighted by atomic mass is 9.78. The van der Waals surface area contributed by atoms with Crippen LogP contribution in [-0.4, -0.2) is 5.54 Å². The van der Waals surface area contributed by atoms with Gasteiger partial charge in [-0.3, -0.25) is 0 Å². The van der Waals surface area contributed by atoms with E-state index in [-0.39, 0.29) is 5.54 Å². The minimum Gasteiger partial charge on any atom is -0.325 e. The first kappa shape index (κ1) is 8.31. The van der Waals surface area contributed by atoms with Gasteiger partial charge in [0, 0.05) is 5.54 Å². The Bertz CT molecular complexity index is 209. The predicted octanol–water partition coefficient (Wildman–Crippen LogP) is 2.47. The van der Waals surface area contributed by atoms with Crippen LogP contribution in [0.4, 0.5) is 0 Å². The normalized spacial score (nSPS) is 45.2. The molecule has 3 unspecified atom stereocenters. The average molecular weight is 165 g/mol. The second-order valence-corrected chi connectivity index (χ2v) is 4.95. The summed E-state index contributed by atoms with van der Waals surface area (Å²) in [7, 11) is 0. The third kappa shape index (κ3) is 1.20. The maximum absolute atomic E-state index is 6.38. The lowest BCUT2D eigenvalue weighted by Crippen LogP contribution is -2.44. The Balaban J connectivity index is 2.07. The standard InChI is InChI=1S/C11H19N/c1-8(2)6-11(12)7-9-3-4-10(11)5-9/h9-10H,1,3-7,12H2,2H3. The van der Waals surface area contributed by atoms with E-state index >= 15 is 0 Å². The monoisotopic (exact) mass is 165 g/mol. The number of hydrogen-bond acceptors (Lipinski definition) is 1. The Morgan fingerprint density at radius 3 is 2.75 bits per heavy atom. The van der Waals surface area contributed by atoms with Gasteiger partial charge in [0.05, 0.1) is 0 Å². The van der Waals surface area contributed by atoms with Crippen molar-refractivity contribution >= 4 is 0 Å². The highest BCUT2D eigenvalue weighted by Crippen LogP contribution is 2.51. The van der Waals surface area contributed by atoms with E-state index in [4.69, 9.17) is 5.73 Å². The van der Waals surface area contributed by atoms with Crippen LogP contribution < -0.4 is 5.73 Å². The Morgan fingerprint density at radius 2 is 2.33 bits per heavy atom. The lowest BCUT2D eigenvalue weighted by molar-refractivity contribution is 0.269. The van der Waals surface area contributed by atoms with Gasteiger partial charge in [0.2, 0.25) is 0 Å². The first-order valence-corrected chi connectivity index (χ1v) is 5.03. The first-order valence-electron chi connectivity index (χ1n) is 5.03. The summed E-state index contributed by atoms with van der Waals surface area (Å²) in [4.78, 5) is 0. The molecule has 2 bridgehead atoms. The highest BCUT2D eigenvalue weighted by Gasteiger charge is 2.47. The molecule has 2 rings (SSSR count). The summed E-state index contributed by atoms with van der Waals surface area (Å²) < 4.78 is 0. The third-order valence-corrected chi connectivity index (χ3v) is 3.65. The summed E-state index contributed by atoms with van der Waals surface area (Å²) >= 11 is 0. The largest absolute Gasteiger partial charge is 0.325 e. The van der Waals surface area contributed by atoms with Gasteiger partial charge in [-0.2, -0.15) is 0 Å². The SMILES string of the molecule is C=C(C)CC1(N)CC2CCC1C2. The third-order valence-electron chi connectivity index (χ3n) is 3.65. The molecule has 12 heavy (non-hydrogen) atoms. The summed E-state index contributed by atoms with van der Waals surface area (Å²) in [6.45, 7) is 6.07. The molecule has 0 aliphatic heterocycles. The molecule has 2 saturated carbocycles. The Labute approximate surface area is 75.0 Å². The topological polar surface area (TPSA) is 26.0 Å². The second-order valence-electron chi connectivity index (χ2n) is 4.95. The van der Waals surface area contributed by atoms with Crippen molar-refractivity contribution < 1.29 is 0 Å². The van der Waals surface area contributed by atoms with Crippen molar-refractivity contribution in [3.05, 3.63) is 12.2 Å². The second kappa shape index (κ2) is 2.59. The van der Waals surface area contributed by atoms with E-state index in [2.05, 4.69) is 13.5 Å². The van der Waals surface area contributed by atoms with E-state index in [1.165, 1.54) is 31.3 Å². The van der Waals surface area contributed by atoms with Crippen LogP contribution in [0.1, 0.15) is 39.0 Å². The van der Waals surface area contributed by atoms with Crippen molar-refractivity contribution in [3.63, 3.8) is 0 Å². The van der Waals surface area contributed by atoms with E-state index in [1.54, 1.807) is 0 Å². The molecule has 0 saturated heterocycles. The van der Waals surface area contributed by atoms with Crippen LogP contribution in [0.3, 0.4) is 0 Å². The van der Waals surface area contributed by atoms with E-state index in [1.807, 2.05) is 0 Å². The van der Waals surface area contributed by atoms with Gasteiger partial charge >= 0.3 is 0 Å². The Hall–Kier alpha value is -0.300. The molecule has 0 aromatic heterocycles. The fourth-order valence-electron chi connectivity index (χ4n) is 3.26. The summed E-state index contributed by atoms with van der Waals surface area (Å²) in [5, 5.41) is 0. The van der Waals surface area contributed by atoms with Crippen LogP contribution in [0, 0.1) is 11.8 Å². The molecule has 0 aromatic carbocycles. The molecule has 0 heterocycles. The van der Waals surface area contributed by atoms with E-state index < -0.39 is 0 Å². The number of nitrogens with two attached hydrogens (primary N) is 1. The summed E-state index contributed by atoms with van der Waals surface area (Å²) in [6.07, 6.45) is 6.50. The molecule has 1 heteroatoms. The highest BCUT2D eigenvalue weighted by atomic mass is 14.8. The van der Waals surface area contributed by atoms with Gasteiger partial charge in [-0.1, -0.05) is 12.0 Å². The average Bonchev–Trinajstić information content (AvgIpc) is 2.42. The first-order chi connectivity index (χ1) is 5.60. The van der Waals surface area contributed by atoms with Crippen molar-refractivity contribution in [2.75, 3.05) is 0 Å². The van der Waals surface area contributed by atoms with Crippen molar-refractivity contribution in [1.82, 2.24) is 0 Å². The molecule has 3 atom stereocenters. The van der Waals surface area contributed by atoms with Gasteiger partial charge in [0.1, 0.15) is 0 Å². The molecule has 2 aliphatic rings. The van der Waals surface area contributed by atoms with E-state index in [0.29, 0.717) is 0 Å². The van der Waals surface area contributed by atoms with Crippen LogP contribution in [-0.2, 0) is 0 Å². The molecule has 0 spiro atoms. The van der Waals surface area contributed by atoms with E-state index in [0.717, 1.165) is 18.3 Å². The van der Waals surface area contributed by atoms with Crippen LogP contribution in [0.25, 0.3) is 0 Å². The summed E-state index contributed by atoms with van der Waals surface area (Å²) in [5.41, 5.74) is 7.77. The van der Waals surface area contributed by atoms with E-state index in [9.17, 15) is 0 Å². The zero-order valence-electron chi connectivity index (χ0n) is 7.97. The molecular weight excluding hydrogens is 146 g/mol. The smallest absolute Gasteiger partial charge is 0.0222 e.